The summed E-state index contributed by atoms with van der Waals surface area (Å²) >= 11 is 0. The van der Waals surface area contributed by atoms with Crippen LogP contribution in [0.15, 0.2) is 194 Å². The van der Waals surface area contributed by atoms with Crippen molar-refractivity contribution in [2.24, 2.45) is 0 Å². The largest absolute Gasteiger partial charge is 0.310 e. The highest BCUT2D eigenvalue weighted by Gasteiger charge is 2.22. The van der Waals surface area contributed by atoms with Gasteiger partial charge < -0.3 is 9.80 Å². The third-order valence-electron chi connectivity index (χ3n) is 9.35. The molecule has 0 saturated carbocycles. The van der Waals surface area contributed by atoms with Crippen molar-refractivity contribution in [1.29, 1.82) is 0 Å². The molecule has 0 bridgehead atoms. The normalized spacial score (nSPS) is 11.3. The average molecular weight is 613 g/mol. The molecule has 2 heteroatoms. The quantitative estimate of drug-likeness (QED) is 0.165. The van der Waals surface area contributed by atoms with Gasteiger partial charge in [-0.1, -0.05) is 127 Å². The standard InChI is InChI=1S/C46H32N2/c1-5-18-35(19-6-1)47(36-20-7-2-8-21-36)43-27-14-13-26-39(43)42-32-34-17-15-16-33-28-29-41-44(31-30-40(42)46(41)45(33)34)48(37-22-9-3-10-23-37)38-24-11-4-12-25-38/h1-32H. The van der Waals surface area contributed by atoms with Crippen molar-refractivity contribution in [3.63, 3.8) is 0 Å². The van der Waals surface area contributed by atoms with Crippen molar-refractivity contribution in [2.45, 2.75) is 0 Å². The Morgan fingerprint density at radius 1 is 0.271 bits per heavy atom. The molecular weight excluding hydrogens is 581 g/mol. The summed E-state index contributed by atoms with van der Waals surface area (Å²) < 4.78 is 0. The molecule has 0 aliphatic heterocycles. The Bertz CT molecular complexity index is 2410. The van der Waals surface area contributed by atoms with Crippen LogP contribution in [0.3, 0.4) is 0 Å². The van der Waals surface area contributed by atoms with Crippen LogP contribution in [0.2, 0.25) is 0 Å². The highest BCUT2D eigenvalue weighted by molar-refractivity contribution is 6.29. The Labute approximate surface area is 280 Å². The summed E-state index contributed by atoms with van der Waals surface area (Å²) in [5, 5.41) is 7.55. The maximum atomic E-state index is 2.39. The molecular formula is C46H32N2. The molecule has 0 aliphatic rings. The van der Waals surface area contributed by atoms with E-state index in [-0.39, 0.29) is 0 Å². The van der Waals surface area contributed by atoms with Crippen LogP contribution in [0.1, 0.15) is 0 Å². The van der Waals surface area contributed by atoms with Crippen molar-refractivity contribution in [3.05, 3.63) is 194 Å². The van der Waals surface area contributed by atoms with Gasteiger partial charge in [-0.15, -0.1) is 0 Å². The van der Waals surface area contributed by atoms with Crippen LogP contribution in [0.25, 0.3) is 43.4 Å². The van der Waals surface area contributed by atoms with E-state index in [1.807, 2.05) is 0 Å². The third-order valence-corrected chi connectivity index (χ3v) is 9.35. The molecule has 48 heavy (non-hydrogen) atoms. The molecule has 0 N–H and O–H groups in total. The lowest BCUT2D eigenvalue weighted by atomic mass is 9.87. The molecule has 0 radical (unpaired) electrons. The summed E-state index contributed by atoms with van der Waals surface area (Å²) in [6.45, 7) is 0. The van der Waals surface area contributed by atoms with Gasteiger partial charge in [0, 0.05) is 39.1 Å². The second-order valence-corrected chi connectivity index (χ2v) is 12.2. The zero-order chi connectivity index (χ0) is 31.9. The van der Waals surface area contributed by atoms with Gasteiger partial charge >= 0.3 is 0 Å². The van der Waals surface area contributed by atoms with Crippen molar-refractivity contribution < 1.29 is 0 Å². The zero-order valence-corrected chi connectivity index (χ0v) is 26.4. The molecule has 0 atom stereocenters. The minimum absolute atomic E-state index is 1.12. The SMILES string of the molecule is c1ccc(N(c2ccccc2)c2ccccc2-c2cc3cccc4ccc5c(N(c6ccccc6)c6ccccc6)ccc2c5c43)cc1. The number of rotatable bonds is 7. The predicted molar refractivity (Wildman–Crippen MR) is 205 cm³/mol. The second kappa shape index (κ2) is 11.8. The van der Waals surface area contributed by atoms with E-state index in [1.165, 1.54) is 43.4 Å². The molecule has 0 aliphatic carbocycles. The lowest BCUT2D eigenvalue weighted by Gasteiger charge is -2.29. The fraction of sp³-hybridized carbons (Fsp3) is 0. The van der Waals surface area contributed by atoms with E-state index < -0.39 is 0 Å². The molecule has 0 spiro atoms. The van der Waals surface area contributed by atoms with E-state index in [4.69, 9.17) is 0 Å². The molecule has 2 nitrogen and oxygen atoms in total. The summed E-state index contributed by atoms with van der Waals surface area (Å²) in [5.41, 5.74) is 9.21. The molecule has 0 unspecified atom stereocenters. The van der Waals surface area contributed by atoms with Gasteiger partial charge in [0.15, 0.2) is 0 Å². The zero-order valence-electron chi connectivity index (χ0n) is 26.4. The van der Waals surface area contributed by atoms with Crippen LogP contribution in [-0.4, -0.2) is 0 Å². The van der Waals surface area contributed by atoms with E-state index in [0.717, 1.165) is 34.1 Å². The van der Waals surface area contributed by atoms with Crippen LogP contribution in [-0.2, 0) is 0 Å². The molecule has 0 aromatic heterocycles. The predicted octanol–water partition coefficient (Wildman–Crippen LogP) is 13.2. The van der Waals surface area contributed by atoms with Gasteiger partial charge in [-0.3, -0.25) is 0 Å². The second-order valence-electron chi connectivity index (χ2n) is 12.2. The van der Waals surface area contributed by atoms with Crippen LogP contribution in [0.5, 0.6) is 0 Å². The highest BCUT2D eigenvalue weighted by Crippen LogP contribution is 2.49. The lowest BCUT2D eigenvalue weighted by molar-refractivity contribution is 1.28. The number of hydrogen-bond donors (Lipinski definition) is 0. The molecule has 0 amide bonds. The smallest absolute Gasteiger partial charge is 0.0540 e. The van der Waals surface area contributed by atoms with Gasteiger partial charge in [0.1, 0.15) is 0 Å². The Morgan fingerprint density at radius 2 is 0.750 bits per heavy atom. The summed E-state index contributed by atoms with van der Waals surface area (Å²) in [5.74, 6) is 0. The minimum Gasteiger partial charge on any atom is -0.310 e. The Hall–Kier alpha value is -6.38. The fourth-order valence-electron chi connectivity index (χ4n) is 7.29. The summed E-state index contributed by atoms with van der Waals surface area (Å²) in [4.78, 5) is 4.75. The summed E-state index contributed by atoms with van der Waals surface area (Å²) in [6, 6.07) is 69.8. The van der Waals surface area contributed by atoms with Crippen LogP contribution < -0.4 is 9.80 Å². The number of para-hydroxylation sites is 5. The Morgan fingerprint density at radius 3 is 1.33 bits per heavy atom. The van der Waals surface area contributed by atoms with Crippen molar-refractivity contribution in [3.8, 4) is 11.1 Å². The number of benzene rings is 9. The molecule has 0 saturated heterocycles. The number of hydrogen-bond acceptors (Lipinski definition) is 2. The monoisotopic (exact) mass is 612 g/mol. The number of anilines is 6. The van der Waals surface area contributed by atoms with Crippen molar-refractivity contribution in [2.75, 3.05) is 9.80 Å². The van der Waals surface area contributed by atoms with Crippen molar-refractivity contribution in [1.82, 2.24) is 0 Å². The molecule has 0 fully saturated rings. The fourth-order valence-corrected chi connectivity index (χ4v) is 7.29. The third kappa shape index (κ3) is 4.66. The molecule has 9 aromatic carbocycles. The molecule has 9 aromatic rings. The first-order chi connectivity index (χ1) is 23.8. The topological polar surface area (TPSA) is 6.48 Å². The maximum absolute atomic E-state index is 2.39. The Kier molecular flexibility index (Phi) is 6.84. The highest BCUT2D eigenvalue weighted by atomic mass is 15.1. The average Bonchev–Trinajstić information content (AvgIpc) is 3.16. The first kappa shape index (κ1) is 27.9. The molecule has 9 rings (SSSR count). The van der Waals surface area contributed by atoms with E-state index in [0.29, 0.717) is 0 Å². The van der Waals surface area contributed by atoms with Crippen LogP contribution in [0.4, 0.5) is 34.1 Å². The van der Waals surface area contributed by atoms with E-state index in [9.17, 15) is 0 Å². The van der Waals surface area contributed by atoms with Crippen LogP contribution >= 0.6 is 0 Å². The van der Waals surface area contributed by atoms with Gasteiger partial charge in [-0.2, -0.15) is 0 Å². The van der Waals surface area contributed by atoms with Gasteiger partial charge in [-0.25, -0.2) is 0 Å². The van der Waals surface area contributed by atoms with E-state index in [2.05, 4.69) is 204 Å². The van der Waals surface area contributed by atoms with Gasteiger partial charge in [0.05, 0.1) is 11.4 Å². The van der Waals surface area contributed by atoms with Gasteiger partial charge in [0.2, 0.25) is 0 Å². The van der Waals surface area contributed by atoms with Crippen molar-refractivity contribution >= 4 is 66.4 Å². The molecule has 0 heterocycles. The first-order valence-corrected chi connectivity index (χ1v) is 16.5. The summed E-state index contributed by atoms with van der Waals surface area (Å²) in [7, 11) is 0. The van der Waals surface area contributed by atoms with Gasteiger partial charge in [-0.05, 0) is 93.8 Å². The van der Waals surface area contributed by atoms with E-state index >= 15 is 0 Å². The minimum atomic E-state index is 1.12. The van der Waals surface area contributed by atoms with E-state index in [1.54, 1.807) is 0 Å². The number of nitrogens with zero attached hydrogens (tertiary/aromatic N) is 2. The summed E-state index contributed by atoms with van der Waals surface area (Å²) in [6.07, 6.45) is 0. The Balaban J connectivity index is 1.34. The maximum Gasteiger partial charge on any atom is 0.0540 e. The lowest BCUT2D eigenvalue weighted by Crippen LogP contribution is -2.11. The van der Waals surface area contributed by atoms with Gasteiger partial charge in [0.25, 0.3) is 0 Å². The van der Waals surface area contributed by atoms with Crippen LogP contribution in [0, 0.1) is 0 Å². The first-order valence-electron chi connectivity index (χ1n) is 16.5. The molecule has 226 valence electrons.